The van der Waals surface area contributed by atoms with E-state index in [1.807, 2.05) is 30.5 Å². The van der Waals surface area contributed by atoms with E-state index in [4.69, 9.17) is 21.7 Å². The highest BCUT2D eigenvalue weighted by Gasteiger charge is 2.16. The average Bonchev–Trinajstić information content (AvgIpc) is 3.33. The molecule has 2 aromatic carbocycles. The first-order valence-electron chi connectivity index (χ1n) is 9.56. The first kappa shape index (κ1) is 20.8. The monoisotopic (exact) mass is 487 g/mol. The number of hydrogen-bond acceptors (Lipinski definition) is 3. The normalized spacial score (nSPS) is 11.4. The number of hydrogen-bond donors (Lipinski definition) is 0. The summed E-state index contributed by atoms with van der Waals surface area (Å²) in [6.45, 7) is 4.69. The molecule has 154 valence electrons. The lowest BCUT2D eigenvalue weighted by atomic mass is 10.1. The van der Waals surface area contributed by atoms with E-state index in [1.54, 1.807) is 23.0 Å². The Labute approximate surface area is 187 Å². The van der Waals surface area contributed by atoms with Crippen LogP contribution >= 0.6 is 27.5 Å². The van der Waals surface area contributed by atoms with Gasteiger partial charge in [0.15, 0.2) is 11.6 Å². The fourth-order valence-corrected chi connectivity index (χ4v) is 3.72. The molecule has 0 unspecified atom stereocenters. The van der Waals surface area contributed by atoms with E-state index in [-0.39, 0.29) is 10.9 Å². The first-order valence-corrected chi connectivity index (χ1v) is 10.7. The smallest absolute Gasteiger partial charge is 0.155 e. The highest BCUT2D eigenvalue weighted by molar-refractivity contribution is 9.10. The molecule has 0 fully saturated rings. The Morgan fingerprint density at radius 3 is 2.60 bits per heavy atom. The Bertz CT molecular complexity index is 1170. The molecule has 0 atom stereocenters. The molecule has 0 aliphatic heterocycles. The van der Waals surface area contributed by atoms with Crippen molar-refractivity contribution in [1.29, 1.82) is 0 Å². The zero-order valence-electron chi connectivity index (χ0n) is 16.6. The van der Waals surface area contributed by atoms with Crippen LogP contribution in [-0.4, -0.2) is 24.3 Å². The number of benzene rings is 2. The van der Waals surface area contributed by atoms with Gasteiger partial charge >= 0.3 is 0 Å². The second-order valence-corrected chi connectivity index (χ2v) is 8.65. The molecule has 0 saturated heterocycles. The van der Waals surface area contributed by atoms with E-state index in [0.29, 0.717) is 24.5 Å². The maximum Gasteiger partial charge on any atom is 0.155 e. The second kappa shape index (κ2) is 8.70. The highest BCUT2D eigenvalue weighted by atomic mass is 79.9. The summed E-state index contributed by atoms with van der Waals surface area (Å²) in [7, 11) is 0. The predicted octanol–water partition coefficient (Wildman–Crippen LogP) is 5.78. The summed E-state index contributed by atoms with van der Waals surface area (Å²) in [4.78, 5) is 9.24. The third-order valence-electron chi connectivity index (χ3n) is 4.72. The minimum atomic E-state index is -0.464. The number of rotatable bonds is 6. The lowest BCUT2D eigenvalue weighted by Gasteiger charge is -2.11. The van der Waals surface area contributed by atoms with Gasteiger partial charge in [-0.1, -0.05) is 53.5 Å². The number of nitrogens with zero attached hydrogens (tertiary/aromatic N) is 5. The molecule has 0 N–H and O–H groups in total. The van der Waals surface area contributed by atoms with Crippen LogP contribution in [0.1, 0.15) is 42.8 Å². The van der Waals surface area contributed by atoms with Gasteiger partial charge < -0.3 is 4.57 Å². The van der Waals surface area contributed by atoms with Gasteiger partial charge in [0.25, 0.3) is 0 Å². The largest absolute Gasteiger partial charge is 0.327 e. The van der Waals surface area contributed by atoms with Crippen molar-refractivity contribution in [2.75, 3.05) is 0 Å². The molecule has 0 radical (unpaired) electrons. The summed E-state index contributed by atoms with van der Waals surface area (Å²) in [5, 5.41) is 4.75. The van der Waals surface area contributed by atoms with Crippen molar-refractivity contribution in [3.8, 4) is 5.69 Å². The van der Waals surface area contributed by atoms with E-state index in [2.05, 4.69) is 39.3 Å². The molecular formula is C22H20BrClFN5. The van der Waals surface area contributed by atoms with E-state index >= 15 is 0 Å². The Morgan fingerprint density at radius 1 is 1.13 bits per heavy atom. The highest BCUT2D eigenvalue weighted by Crippen LogP contribution is 2.22. The van der Waals surface area contributed by atoms with Crippen molar-refractivity contribution in [2.24, 2.45) is 0 Å². The zero-order valence-corrected chi connectivity index (χ0v) is 18.9. The van der Waals surface area contributed by atoms with Crippen molar-refractivity contribution in [3.63, 3.8) is 0 Å². The van der Waals surface area contributed by atoms with Crippen LogP contribution in [0, 0.1) is 5.82 Å². The van der Waals surface area contributed by atoms with Crippen LogP contribution in [0.5, 0.6) is 0 Å². The fraction of sp³-hybridized carbons (Fsp3) is 0.227. The number of imidazole rings is 1. The summed E-state index contributed by atoms with van der Waals surface area (Å²) >= 11 is 9.48. The van der Waals surface area contributed by atoms with Crippen LogP contribution in [0.4, 0.5) is 4.39 Å². The Morgan fingerprint density at radius 2 is 1.90 bits per heavy atom. The zero-order chi connectivity index (χ0) is 21.3. The second-order valence-electron chi connectivity index (χ2n) is 7.33. The van der Waals surface area contributed by atoms with Gasteiger partial charge in [-0.15, -0.1) is 0 Å². The fourth-order valence-electron chi connectivity index (χ4n) is 3.28. The van der Waals surface area contributed by atoms with E-state index < -0.39 is 5.82 Å². The van der Waals surface area contributed by atoms with Crippen molar-refractivity contribution < 1.29 is 4.39 Å². The lowest BCUT2D eigenvalue weighted by Crippen LogP contribution is -2.11. The van der Waals surface area contributed by atoms with Crippen LogP contribution < -0.4 is 0 Å². The summed E-state index contributed by atoms with van der Waals surface area (Å²) in [6.07, 6.45) is 4.30. The van der Waals surface area contributed by atoms with Crippen LogP contribution in [0.2, 0.25) is 5.02 Å². The summed E-state index contributed by atoms with van der Waals surface area (Å²) in [6, 6.07) is 12.6. The quantitative estimate of drug-likeness (QED) is 0.346. The minimum Gasteiger partial charge on any atom is -0.327 e. The molecule has 0 saturated carbocycles. The van der Waals surface area contributed by atoms with Crippen molar-refractivity contribution >= 4 is 27.5 Å². The van der Waals surface area contributed by atoms with Gasteiger partial charge in [0, 0.05) is 29.2 Å². The lowest BCUT2D eigenvalue weighted by molar-refractivity contribution is 0.623. The third-order valence-corrected chi connectivity index (χ3v) is 5.54. The molecule has 4 aromatic rings. The van der Waals surface area contributed by atoms with Gasteiger partial charge in [-0.05, 0) is 35.9 Å². The molecular weight excluding hydrogens is 469 g/mol. The molecule has 5 nitrogen and oxygen atoms in total. The standard InChI is InChI=1S/C22H20BrClFN5/c1-14(2)22-26-9-10-29(22)13-21-27-20(11-15-3-5-16(23)6-4-15)28-30(21)17-7-8-19(25)18(24)12-17/h3-10,12,14H,11,13H2,1-2H3. The third kappa shape index (κ3) is 4.47. The average molecular weight is 489 g/mol. The molecule has 2 aromatic heterocycles. The summed E-state index contributed by atoms with van der Waals surface area (Å²) in [5.41, 5.74) is 1.77. The molecule has 0 spiro atoms. The predicted molar refractivity (Wildman–Crippen MR) is 119 cm³/mol. The number of aromatic nitrogens is 5. The van der Waals surface area contributed by atoms with Crippen molar-refractivity contribution in [2.45, 2.75) is 32.7 Å². The molecule has 4 rings (SSSR count). The Balaban J connectivity index is 1.73. The Hall–Kier alpha value is -2.51. The molecule has 2 heterocycles. The van der Waals surface area contributed by atoms with Crippen LogP contribution in [0.25, 0.3) is 5.69 Å². The molecule has 8 heteroatoms. The topological polar surface area (TPSA) is 48.5 Å². The van der Waals surface area contributed by atoms with E-state index in [9.17, 15) is 4.39 Å². The van der Waals surface area contributed by atoms with E-state index in [1.165, 1.54) is 6.07 Å². The van der Waals surface area contributed by atoms with E-state index in [0.717, 1.165) is 21.7 Å². The molecule has 0 aliphatic carbocycles. The first-order chi connectivity index (χ1) is 14.4. The summed E-state index contributed by atoms with van der Waals surface area (Å²) < 4.78 is 18.5. The van der Waals surface area contributed by atoms with Gasteiger partial charge in [0.2, 0.25) is 0 Å². The molecule has 0 bridgehead atoms. The van der Waals surface area contributed by atoms with Gasteiger partial charge in [0.05, 0.1) is 17.3 Å². The van der Waals surface area contributed by atoms with Gasteiger partial charge in [-0.3, -0.25) is 0 Å². The molecule has 30 heavy (non-hydrogen) atoms. The van der Waals surface area contributed by atoms with Crippen LogP contribution in [0.15, 0.2) is 59.3 Å². The number of halogens is 3. The van der Waals surface area contributed by atoms with Gasteiger partial charge in [-0.25, -0.2) is 19.0 Å². The Kier molecular flexibility index (Phi) is 6.01. The van der Waals surface area contributed by atoms with Crippen LogP contribution in [-0.2, 0) is 13.0 Å². The van der Waals surface area contributed by atoms with Gasteiger partial charge in [0.1, 0.15) is 11.6 Å². The van der Waals surface area contributed by atoms with Crippen LogP contribution in [0.3, 0.4) is 0 Å². The SMILES string of the molecule is CC(C)c1nccn1Cc1nc(Cc2ccc(Br)cc2)nn1-c1ccc(F)c(Cl)c1. The molecule has 0 amide bonds. The molecule has 0 aliphatic rings. The minimum absolute atomic E-state index is 0.0499. The maximum atomic E-state index is 13.7. The van der Waals surface area contributed by atoms with Crippen molar-refractivity contribution in [3.05, 3.63) is 93.2 Å². The van der Waals surface area contributed by atoms with Crippen molar-refractivity contribution in [1.82, 2.24) is 24.3 Å². The summed E-state index contributed by atoms with van der Waals surface area (Å²) in [5.74, 6) is 2.19. The van der Waals surface area contributed by atoms with Gasteiger partial charge in [-0.2, -0.15) is 5.10 Å². The maximum absolute atomic E-state index is 13.7.